The summed E-state index contributed by atoms with van der Waals surface area (Å²) < 4.78 is 7.24. The zero-order valence-electron chi connectivity index (χ0n) is 11.4. The molecule has 4 heteroatoms. The molecule has 0 N–H and O–H groups in total. The first-order valence-electron chi connectivity index (χ1n) is 6.93. The van der Waals surface area contributed by atoms with Gasteiger partial charge in [-0.25, -0.2) is 4.98 Å². The molecule has 100 valence electrons. The minimum absolute atomic E-state index is 0.141. The molecule has 0 saturated carbocycles. The van der Waals surface area contributed by atoms with Gasteiger partial charge in [0, 0.05) is 5.69 Å². The summed E-state index contributed by atoms with van der Waals surface area (Å²) in [6.07, 6.45) is 6.49. The maximum Gasteiger partial charge on any atom is 0.326 e. The molecule has 1 aliphatic rings. The lowest BCUT2D eigenvalue weighted by molar-refractivity contribution is -0.144. The highest BCUT2D eigenvalue weighted by molar-refractivity contribution is 5.69. The van der Waals surface area contributed by atoms with Gasteiger partial charge in [-0.2, -0.15) is 0 Å². The number of hydrogen-bond acceptors (Lipinski definition) is 3. The third-order valence-corrected chi connectivity index (χ3v) is 3.47. The van der Waals surface area contributed by atoms with Crippen molar-refractivity contribution < 1.29 is 9.53 Å². The average molecular weight is 250 g/mol. The van der Waals surface area contributed by atoms with E-state index in [2.05, 4.69) is 11.9 Å². The molecule has 0 radical (unpaired) electrons. The quantitative estimate of drug-likeness (QED) is 0.595. The standard InChI is InChI=1S/C14H22N2O2/c1-3-4-9-18-14(17)10-16-11(2)15-12-7-5-6-8-13(12)16/h3-10H2,1-2H3. The smallest absolute Gasteiger partial charge is 0.326 e. The number of unbranched alkanes of at least 4 members (excludes halogenated alkanes) is 1. The molecule has 18 heavy (non-hydrogen) atoms. The van der Waals surface area contributed by atoms with Crippen molar-refractivity contribution in [2.45, 2.75) is 58.9 Å². The van der Waals surface area contributed by atoms with Gasteiger partial charge in [0.1, 0.15) is 12.4 Å². The third kappa shape index (κ3) is 2.92. The topological polar surface area (TPSA) is 44.1 Å². The van der Waals surface area contributed by atoms with E-state index in [0.29, 0.717) is 13.2 Å². The summed E-state index contributed by atoms with van der Waals surface area (Å²) in [6, 6.07) is 0. The predicted octanol–water partition coefficient (Wildman–Crippen LogP) is 2.41. The Bertz CT molecular complexity index is 424. The van der Waals surface area contributed by atoms with Crippen LogP contribution >= 0.6 is 0 Å². The number of carbonyl (C=O) groups excluding carboxylic acids is 1. The van der Waals surface area contributed by atoms with Crippen LogP contribution in [0.3, 0.4) is 0 Å². The molecule has 0 amide bonds. The van der Waals surface area contributed by atoms with E-state index in [-0.39, 0.29) is 5.97 Å². The molecule has 0 atom stereocenters. The lowest BCUT2D eigenvalue weighted by Crippen LogP contribution is -2.18. The minimum atomic E-state index is -0.141. The number of hydrogen-bond donors (Lipinski definition) is 0. The van der Waals surface area contributed by atoms with Crippen molar-refractivity contribution >= 4 is 5.97 Å². The molecule has 0 fully saturated rings. The van der Waals surface area contributed by atoms with Crippen molar-refractivity contribution in [3.8, 4) is 0 Å². The first-order valence-corrected chi connectivity index (χ1v) is 6.93. The number of fused-ring (bicyclic) bond motifs is 1. The monoisotopic (exact) mass is 250 g/mol. The number of esters is 1. The summed E-state index contributed by atoms with van der Waals surface area (Å²) in [5, 5.41) is 0. The van der Waals surface area contributed by atoms with Gasteiger partial charge >= 0.3 is 5.97 Å². The van der Waals surface area contributed by atoms with Crippen molar-refractivity contribution in [3.05, 3.63) is 17.2 Å². The Morgan fingerprint density at radius 1 is 1.39 bits per heavy atom. The Morgan fingerprint density at radius 2 is 2.17 bits per heavy atom. The highest BCUT2D eigenvalue weighted by Gasteiger charge is 2.19. The zero-order valence-corrected chi connectivity index (χ0v) is 11.4. The summed E-state index contributed by atoms with van der Waals surface area (Å²) >= 11 is 0. The molecule has 0 unspecified atom stereocenters. The average Bonchev–Trinajstić information content (AvgIpc) is 2.67. The highest BCUT2D eigenvalue weighted by atomic mass is 16.5. The molecule has 1 heterocycles. The first-order chi connectivity index (χ1) is 8.72. The third-order valence-electron chi connectivity index (χ3n) is 3.47. The largest absolute Gasteiger partial charge is 0.464 e. The van der Waals surface area contributed by atoms with E-state index in [1.165, 1.54) is 24.2 Å². The number of imidazole rings is 1. The number of aryl methyl sites for hydroxylation is 2. The van der Waals surface area contributed by atoms with Crippen LogP contribution in [-0.2, 0) is 28.9 Å². The minimum Gasteiger partial charge on any atom is -0.464 e. The van der Waals surface area contributed by atoms with Crippen LogP contribution in [0.15, 0.2) is 0 Å². The molecule has 4 nitrogen and oxygen atoms in total. The summed E-state index contributed by atoms with van der Waals surface area (Å²) in [7, 11) is 0. The normalized spacial score (nSPS) is 14.3. The van der Waals surface area contributed by atoms with Crippen molar-refractivity contribution in [1.82, 2.24) is 9.55 Å². The SMILES string of the molecule is CCCCOC(=O)Cn1c(C)nc2c1CCCC2. The van der Waals surface area contributed by atoms with Crippen LogP contribution in [0.25, 0.3) is 0 Å². The number of carbonyl (C=O) groups is 1. The summed E-state index contributed by atoms with van der Waals surface area (Å²) in [5.41, 5.74) is 2.42. The summed E-state index contributed by atoms with van der Waals surface area (Å²) in [4.78, 5) is 16.3. The van der Waals surface area contributed by atoms with Gasteiger partial charge in [0.15, 0.2) is 0 Å². The predicted molar refractivity (Wildman–Crippen MR) is 69.5 cm³/mol. The van der Waals surface area contributed by atoms with Gasteiger partial charge in [0.25, 0.3) is 0 Å². The lowest BCUT2D eigenvalue weighted by Gasteiger charge is -2.14. The van der Waals surface area contributed by atoms with Gasteiger partial charge in [0.2, 0.25) is 0 Å². The van der Waals surface area contributed by atoms with Crippen LogP contribution in [0.1, 0.15) is 49.8 Å². The fourth-order valence-electron chi connectivity index (χ4n) is 2.45. The molecule has 0 aromatic carbocycles. The van der Waals surface area contributed by atoms with Gasteiger partial charge in [-0.15, -0.1) is 0 Å². The first kappa shape index (κ1) is 13.1. The zero-order chi connectivity index (χ0) is 13.0. The Morgan fingerprint density at radius 3 is 2.94 bits per heavy atom. The van der Waals surface area contributed by atoms with E-state index >= 15 is 0 Å². The lowest BCUT2D eigenvalue weighted by atomic mass is 10.0. The van der Waals surface area contributed by atoms with E-state index in [9.17, 15) is 4.79 Å². The molecule has 1 aliphatic carbocycles. The highest BCUT2D eigenvalue weighted by Crippen LogP contribution is 2.21. The fraction of sp³-hybridized carbons (Fsp3) is 0.714. The van der Waals surface area contributed by atoms with E-state index < -0.39 is 0 Å². The van der Waals surface area contributed by atoms with E-state index in [4.69, 9.17) is 4.74 Å². The summed E-state index contributed by atoms with van der Waals surface area (Å²) in [5.74, 6) is 0.798. The van der Waals surface area contributed by atoms with Crippen LogP contribution in [-0.4, -0.2) is 22.1 Å². The van der Waals surface area contributed by atoms with E-state index in [0.717, 1.165) is 31.5 Å². The van der Waals surface area contributed by atoms with E-state index in [1.54, 1.807) is 0 Å². The Kier molecular flexibility index (Phi) is 4.39. The molecule has 1 aromatic heterocycles. The number of nitrogens with zero attached hydrogens (tertiary/aromatic N) is 2. The maximum atomic E-state index is 11.8. The molecule has 0 saturated heterocycles. The van der Waals surface area contributed by atoms with Gasteiger partial charge < -0.3 is 9.30 Å². The van der Waals surface area contributed by atoms with Gasteiger partial charge in [0.05, 0.1) is 12.3 Å². The summed E-state index contributed by atoms with van der Waals surface area (Å²) in [6.45, 7) is 4.91. The van der Waals surface area contributed by atoms with Gasteiger partial charge in [-0.05, 0) is 39.0 Å². The molecule has 2 rings (SSSR count). The fourth-order valence-corrected chi connectivity index (χ4v) is 2.45. The van der Waals surface area contributed by atoms with Crippen LogP contribution < -0.4 is 0 Å². The molecule has 0 aliphatic heterocycles. The van der Waals surface area contributed by atoms with Crippen LogP contribution in [0, 0.1) is 6.92 Å². The number of ether oxygens (including phenoxy) is 1. The van der Waals surface area contributed by atoms with Crippen molar-refractivity contribution in [2.75, 3.05) is 6.61 Å². The van der Waals surface area contributed by atoms with Crippen molar-refractivity contribution in [3.63, 3.8) is 0 Å². The maximum absolute atomic E-state index is 11.8. The van der Waals surface area contributed by atoms with Crippen molar-refractivity contribution in [1.29, 1.82) is 0 Å². The Balaban J connectivity index is 2.00. The van der Waals surface area contributed by atoms with Gasteiger partial charge in [-0.1, -0.05) is 13.3 Å². The van der Waals surface area contributed by atoms with Gasteiger partial charge in [-0.3, -0.25) is 4.79 Å². The van der Waals surface area contributed by atoms with E-state index in [1.807, 2.05) is 11.5 Å². The number of rotatable bonds is 5. The molecule has 0 spiro atoms. The molecular weight excluding hydrogens is 228 g/mol. The Hall–Kier alpha value is -1.32. The van der Waals surface area contributed by atoms with Crippen LogP contribution in [0.4, 0.5) is 0 Å². The Labute approximate surface area is 108 Å². The second-order valence-corrected chi connectivity index (χ2v) is 4.92. The molecule has 0 bridgehead atoms. The second-order valence-electron chi connectivity index (χ2n) is 4.92. The number of aromatic nitrogens is 2. The van der Waals surface area contributed by atoms with Crippen molar-refractivity contribution in [2.24, 2.45) is 0 Å². The van der Waals surface area contributed by atoms with Crippen LogP contribution in [0.2, 0.25) is 0 Å². The molecule has 1 aromatic rings. The second kappa shape index (κ2) is 6.03. The van der Waals surface area contributed by atoms with Crippen LogP contribution in [0.5, 0.6) is 0 Å². The molecular formula is C14H22N2O2.